The van der Waals surface area contributed by atoms with E-state index in [1.807, 2.05) is 13.0 Å². The van der Waals surface area contributed by atoms with Crippen LogP contribution in [0, 0.1) is 6.92 Å². The van der Waals surface area contributed by atoms with Crippen molar-refractivity contribution in [2.24, 2.45) is 0 Å². The van der Waals surface area contributed by atoms with E-state index in [9.17, 15) is 14.4 Å². The molecule has 3 aromatic rings. The van der Waals surface area contributed by atoms with E-state index in [1.54, 1.807) is 54.6 Å². The van der Waals surface area contributed by atoms with Crippen molar-refractivity contribution in [2.75, 3.05) is 11.9 Å². The van der Waals surface area contributed by atoms with Gasteiger partial charge in [0.05, 0.1) is 5.56 Å². The monoisotopic (exact) mass is 407 g/mol. The van der Waals surface area contributed by atoms with Gasteiger partial charge in [-0.25, -0.2) is 4.79 Å². The summed E-state index contributed by atoms with van der Waals surface area (Å²) in [7, 11) is 0. The van der Waals surface area contributed by atoms with E-state index >= 15 is 0 Å². The molecule has 0 spiro atoms. The summed E-state index contributed by atoms with van der Waals surface area (Å²) < 4.78 is 5.05. The van der Waals surface area contributed by atoms with E-state index in [2.05, 4.69) is 5.32 Å². The van der Waals surface area contributed by atoms with Crippen molar-refractivity contribution < 1.29 is 19.1 Å². The van der Waals surface area contributed by atoms with Crippen LogP contribution in [0.5, 0.6) is 0 Å². The molecule has 1 N–H and O–H groups in total. The van der Waals surface area contributed by atoms with Gasteiger partial charge in [0.25, 0.3) is 5.91 Å². The zero-order valence-corrected chi connectivity index (χ0v) is 16.4. The van der Waals surface area contributed by atoms with Crippen LogP contribution < -0.4 is 5.32 Å². The van der Waals surface area contributed by atoms with Crippen molar-refractivity contribution in [3.05, 3.63) is 100 Å². The Morgan fingerprint density at radius 2 is 1.48 bits per heavy atom. The second-order valence-corrected chi connectivity index (χ2v) is 6.79. The molecule has 0 bridgehead atoms. The number of hydrogen-bond acceptors (Lipinski definition) is 4. The molecule has 3 aromatic carbocycles. The first-order valence-corrected chi connectivity index (χ1v) is 9.25. The molecule has 5 nitrogen and oxygen atoms in total. The van der Waals surface area contributed by atoms with Gasteiger partial charge < -0.3 is 10.1 Å². The van der Waals surface area contributed by atoms with E-state index in [-0.39, 0.29) is 11.3 Å². The molecular weight excluding hydrogens is 390 g/mol. The number of hydrogen-bond donors (Lipinski definition) is 1. The Labute approximate surface area is 173 Å². The van der Waals surface area contributed by atoms with Gasteiger partial charge in [-0.05, 0) is 36.8 Å². The molecule has 0 aliphatic heterocycles. The number of ketones is 1. The molecule has 29 heavy (non-hydrogen) atoms. The minimum absolute atomic E-state index is 0.137. The number of esters is 1. The highest BCUT2D eigenvalue weighted by molar-refractivity contribution is 6.31. The number of rotatable bonds is 6. The lowest BCUT2D eigenvalue weighted by Gasteiger charge is -2.09. The fourth-order valence-corrected chi connectivity index (χ4v) is 2.82. The topological polar surface area (TPSA) is 72.5 Å². The second-order valence-electron chi connectivity index (χ2n) is 6.36. The molecular formula is C23H18ClNO4. The van der Waals surface area contributed by atoms with E-state index in [0.717, 1.165) is 5.56 Å². The van der Waals surface area contributed by atoms with Crippen molar-refractivity contribution in [3.8, 4) is 0 Å². The minimum atomic E-state index is -0.651. The summed E-state index contributed by atoms with van der Waals surface area (Å²) in [5.41, 5.74) is 2.68. The Morgan fingerprint density at radius 1 is 0.862 bits per heavy atom. The lowest BCUT2D eigenvalue weighted by Crippen LogP contribution is -2.21. The number of carbonyl (C=O) groups excluding carboxylic acids is 3. The third-order valence-electron chi connectivity index (χ3n) is 4.23. The molecule has 0 unspecified atom stereocenters. The van der Waals surface area contributed by atoms with Gasteiger partial charge in [0.2, 0.25) is 0 Å². The molecule has 0 saturated carbocycles. The molecule has 0 fully saturated rings. The molecule has 6 heteroatoms. The molecule has 0 aromatic heterocycles. The summed E-state index contributed by atoms with van der Waals surface area (Å²) in [5.74, 6) is -1.26. The van der Waals surface area contributed by atoms with Crippen LogP contribution in [-0.4, -0.2) is 24.3 Å². The van der Waals surface area contributed by atoms with Crippen molar-refractivity contribution in [1.82, 2.24) is 0 Å². The van der Waals surface area contributed by atoms with Gasteiger partial charge in [-0.1, -0.05) is 60.1 Å². The van der Waals surface area contributed by atoms with Gasteiger partial charge in [0.15, 0.2) is 12.4 Å². The van der Waals surface area contributed by atoms with Crippen LogP contribution in [0.15, 0.2) is 72.8 Å². The number of ether oxygens (including phenoxy) is 1. The van der Waals surface area contributed by atoms with Crippen LogP contribution in [0.4, 0.5) is 5.69 Å². The van der Waals surface area contributed by atoms with Crippen LogP contribution in [0.3, 0.4) is 0 Å². The summed E-state index contributed by atoms with van der Waals surface area (Å²) in [5, 5.41) is 3.15. The van der Waals surface area contributed by atoms with Gasteiger partial charge in [-0.3, -0.25) is 9.59 Å². The second kappa shape index (κ2) is 9.17. The number of benzene rings is 3. The highest BCUT2D eigenvalue weighted by Gasteiger charge is 2.13. The Bertz CT molecular complexity index is 1050. The van der Waals surface area contributed by atoms with Gasteiger partial charge in [-0.2, -0.15) is 0 Å². The molecule has 0 heterocycles. The summed E-state index contributed by atoms with van der Waals surface area (Å²) in [6.45, 7) is 1.39. The Balaban J connectivity index is 1.57. The third kappa shape index (κ3) is 5.30. The number of aryl methyl sites for hydroxylation is 1. The lowest BCUT2D eigenvalue weighted by molar-refractivity contribution is -0.119. The molecule has 0 atom stereocenters. The summed E-state index contributed by atoms with van der Waals surface area (Å²) >= 11 is 5.92. The Hall–Kier alpha value is -3.44. The van der Waals surface area contributed by atoms with Crippen molar-refractivity contribution in [2.45, 2.75) is 6.92 Å². The molecule has 146 valence electrons. The first-order valence-electron chi connectivity index (χ1n) is 8.87. The van der Waals surface area contributed by atoms with E-state index in [1.165, 1.54) is 12.1 Å². The zero-order valence-electron chi connectivity index (χ0n) is 15.6. The van der Waals surface area contributed by atoms with Gasteiger partial charge in [0.1, 0.15) is 0 Å². The Morgan fingerprint density at radius 3 is 2.17 bits per heavy atom. The van der Waals surface area contributed by atoms with Crippen LogP contribution in [0.25, 0.3) is 0 Å². The quantitative estimate of drug-likeness (QED) is 0.476. The van der Waals surface area contributed by atoms with E-state index < -0.39 is 18.5 Å². The van der Waals surface area contributed by atoms with Gasteiger partial charge in [-0.15, -0.1) is 0 Å². The van der Waals surface area contributed by atoms with E-state index in [0.29, 0.717) is 21.8 Å². The van der Waals surface area contributed by atoms with Crippen LogP contribution in [0.2, 0.25) is 5.02 Å². The average molecular weight is 408 g/mol. The van der Waals surface area contributed by atoms with Crippen molar-refractivity contribution in [1.29, 1.82) is 0 Å². The molecule has 0 radical (unpaired) electrons. The first-order chi connectivity index (χ1) is 13.9. The maximum Gasteiger partial charge on any atom is 0.338 e. The lowest BCUT2D eigenvalue weighted by atomic mass is 10.0. The fourth-order valence-electron chi connectivity index (χ4n) is 2.64. The number of anilines is 1. The smallest absolute Gasteiger partial charge is 0.338 e. The number of carbonyl (C=O) groups is 3. The van der Waals surface area contributed by atoms with E-state index in [4.69, 9.17) is 16.3 Å². The molecule has 0 saturated heterocycles. The maximum atomic E-state index is 12.4. The van der Waals surface area contributed by atoms with Gasteiger partial charge >= 0.3 is 5.97 Å². The molecule has 0 aliphatic rings. The van der Waals surface area contributed by atoms with Crippen molar-refractivity contribution in [3.63, 3.8) is 0 Å². The highest BCUT2D eigenvalue weighted by Crippen LogP contribution is 2.20. The maximum absolute atomic E-state index is 12.4. The van der Waals surface area contributed by atoms with Gasteiger partial charge in [0, 0.05) is 21.8 Å². The first kappa shape index (κ1) is 20.3. The fraction of sp³-hybridized carbons (Fsp3) is 0.0870. The summed E-state index contributed by atoms with van der Waals surface area (Å²) in [6, 6.07) is 20.1. The normalized spacial score (nSPS) is 10.3. The number of nitrogens with one attached hydrogen (secondary N) is 1. The van der Waals surface area contributed by atoms with Crippen LogP contribution in [-0.2, 0) is 9.53 Å². The number of halogens is 1. The number of amides is 1. The SMILES string of the molecule is Cc1ccc(Cl)cc1NC(=O)COC(=O)c1ccc(C(=O)c2ccccc2)cc1. The standard InChI is InChI=1S/C23H18ClNO4/c1-15-7-12-19(24)13-20(15)25-21(26)14-29-23(28)18-10-8-17(9-11-18)22(27)16-5-3-2-4-6-16/h2-13H,14H2,1H3,(H,25,26). The van der Waals surface area contributed by atoms with Crippen molar-refractivity contribution >= 4 is 34.9 Å². The highest BCUT2D eigenvalue weighted by atomic mass is 35.5. The predicted molar refractivity (Wildman–Crippen MR) is 111 cm³/mol. The molecule has 3 rings (SSSR count). The largest absolute Gasteiger partial charge is 0.452 e. The third-order valence-corrected chi connectivity index (χ3v) is 4.46. The molecule has 0 aliphatic carbocycles. The summed E-state index contributed by atoms with van der Waals surface area (Å²) in [6.07, 6.45) is 0. The minimum Gasteiger partial charge on any atom is -0.452 e. The molecule has 1 amide bonds. The zero-order chi connectivity index (χ0) is 20.8. The average Bonchev–Trinajstić information content (AvgIpc) is 2.75. The van der Waals surface area contributed by atoms with Crippen LogP contribution >= 0.6 is 11.6 Å². The predicted octanol–water partition coefficient (Wildman–Crippen LogP) is 4.67. The van der Waals surface area contributed by atoms with Crippen LogP contribution in [0.1, 0.15) is 31.8 Å². The summed E-state index contributed by atoms with van der Waals surface area (Å²) in [4.78, 5) is 36.6. The Kier molecular flexibility index (Phi) is 6.42.